The Kier molecular flexibility index (Phi) is 3.58. The molecule has 0 radical (unpaired) electrons. The van der Waals surface area contributed by atoms with Gasteiger partial charge in [-0.1, -0.05) is 23.7 Å². The molecule has 1 N–H and O–H groups in total. The first-order valence-corrected chi connectivity index (χ1v) is 5.82. The molecule has 0 spiro atoms. The molecule has 0 aliphatic rings. The second-order valence-electron chi connectivity index (χ2n) is 3.88. The van der Waals surface area contributed by atoms with Gasteiger partial charge in [0.05, 0.1) is 10.6 Å². The van der Waals surface area contributed by atoms with Gasteiger partial charge in [-0.3, -0.25) is 4.79 Å². The maximum Gasteiger partial charge on any atom is 0.258 e. The van der Waals surface area contributed by atoms with E-state index < -0.39 is 0 Å². The third-order valence-corrected chi connectivity index (χ3v) is 2.66. The van der Waals surface area contributed by atoms with Gasteiger partial charge in [-0.15, -0.1) is 0 Å². The molecule has 1 aromatic carbocycles. The highest BCUT2D eigenvalue weighted by atomic mass is 35.5. The van der Waals surface area contributed by atoms with E-state index in [0.717, 1.165) is 5.69 Å². The van der Waals surface area contributed by atoms with E-state index in [4.69, 9.17) is 11.6 Å². The van der Waals surface area contributed by atoms with E-state index in [-0.39, 0.29) is 5.91 Å². The Labute approximate surface area is 110 Å². The topological polar surface area (TPSA) is 54.9 Å². The highest BCUT2D eigenvalue weighted by Gasteiger charge is 2.10. The minimum absolute atomic E-state index is 0.280. The Morgan fingerprint density at radius 3 is 2.61 bits per heavy atom. The largest absolute Gasteiger partial charge is 0.306 e. The van der Waals surface area contributed by atoms with Gasteiger partial charge in [-0.25, -0.2) is 9.97 Å². The molecule has 0 unspecified atom stereocenters. The van der Waals surface area contributed by atoms with Crippen LogP contribution >= 0.6 is 11.6 Å². The maximum atomic E-state index is 12.0. The standard InChI is InChI=1S/C13H12ClN3O/c1-8-7-12(16-9(2)15-8)17-13(18)10-5-3-4-6-11(10)14/h3-7H,1-2H3,(H,15,16,17,18). The van der Waals surface area contributed by atoms with Gasteiger partial charge in [0.1, 0.15) is 11.6 Å². The van der Waals surface area contributed by atoms with Crippen molar-refractivity contribution >= 4 is 23.3 Å². The fourth-order valence-electron chi connectivity index (χ4n) is 1.61. The first-order valence-electron chi connectivity index (χ1n) is 5.44. The Morgan fingerprint density at radius 1 is 1.22 bits per heavy atom. The number of hydrogen-bond donors (Lipinski definition) is 1. The van der Waals surface area contributed by atoms with Gasteiger partial charge in [0.15, 0.2) is 0 Å². The van der Waals surface area contributed by atoms with Gasteiger partial charge in [-0.05, 0) is 26.0 Å². The van der Waals surface area contributed by atoms with Gasteiger partial charge in [0.25, 0.3) is 5.91 Å². The highest BCUT2D eigenvalue weighted by molar-refractivity contribution is 6.34. The van der Waals surface area contributed by atoms with E-state index in [1.54, 1.807) is 37.3 Å². The number of halogens is 1. The summed E-state index contributed by atoms with van der Waals surface area (Å²) in [5.74, 6) is 0.812. The molecule has 0 atom stereocenters. The number of benzene rings is 1. The van der Waals surface area contributed by atoms with Gasteiger partial charge in [0, 0.05) is 11.8 Å². The average Bonchev–Trinajstić information content (AvgIpc) is 2.27. The lowest BCUT2D eigenvalue weighted by molar-refractivity contribution is 0.102. The number of aryl methyl sites for hydroxylation is 2. The highest BCUT2D eigenvalue weighted by Crippen LogP contribution is 2.16. The summed E-state index contributed by atoms with van der Waals surface area (Å²) >= 11 is 5.95. The summed E-state index contributed by atoms with van der Waals surface area (Å²) in [7, 11) is 0. The van der Waals surface area contributed by atoms with Crippen LogP contribution in [0.25, 0.3) is 0 Å². The maximum absolute atomic E-state index is 12.0. The molecule has 0 fully saturated rings. The van der Waals surface area contributed by atoms with E-state index in [0.29, 0.717) is 22.2 Å². The van der Waals surface area contributed by atoms with Crippen LogP contribution in [0.5, 0.6) is 0 Å². The number of nitrogens with one attached hydrogen (secondary N) is 1. The molecule has 4 nitrogen and oxygen atoms in total. The van der Waals surface area contributed by atoms with E-state index in [1.165, 1.54) is 0 Å². The number of rotatable bonds is 2. The quantitative estimate of drug-likeness (QED) is 0.904. The van der Waals surface area contributed by atoms with E-state index in [1.807, 2.05) is 6.92 Å². The molecule has 0 aliphatic carbocycles. The molecular weight excluding hydrogens is 250 g/mol. The van der Waals surface area contributed by atoms with Crippen molar-refractivity contribution < 1.29 is 4.79 Å². The Morgan fingerprint density at radius 2 is 1.94 bits per heavy atom. The minimum Gasteiger partial charge on any atom is -0.306 e. The van der Waals surface area contributed by atoms with Crippen LogP contribution < -0.4 is 5.32 Å². The van der Waals surface area contributed by atoms with Crippen molar-refractivity contribution in [2.24, 2.45) is 0 Å². The van der Waals surface area contributed by atoms with Crippen LogP contribution in [-0.4, -0.2) is 15.9 Å². The number of carbonyl (C=O) groups excluding carboxylic acids is 1. The molecular formula is C13H12ClN3O. The zero-order chi connectivity index (χ0) is 13.1. The van der Waals surface area contributed by atoms with Crippen molar-refractivity contribution in [3.8, 4) is 0 Å². The van der Waals surface area contributed by atoms with Gasteiger partial charge in [0.2, 0.25) is 0 Å². The Balaban J connectivity index is 2.24. The SMILES string of the molecule is Cc1cc(NC(=O)c2ccccc2Cl)nc(C)n1. The molecule has 0 aliphatic heterocycles. The van der Waals surface area contributed by atoms with Crippen molar-refractivity contribution in [2.75, 3.05) is 5.32 Å². The molecule has 1 aromatic heterocycles. The predicted molar refractivity (Wildman–Crippen MR) is 70.9 cm³/mol. The first-order chi connectivity index (χ1) is 8.56. The molecule has 5 heteroatoms. The third-order valence-electron chi connectivity index (χ3n) is 2.33. The normalized spacial score (nSPS) is 10.2. The van der Waals surface area contributed by atoms with Crippen molar-refractivity contribution in [3.63, 3.8) is 0 Å². The summed E-state index contributed by atoms with van der Waals surface area (Å²) in [6, 6.07) is 8.59. The summed E-state index contributed by atoms with van der Waals surface area (Å²) in [5.41, 5.74) is 1.23. The minimum atomic E-state index is -0.280. The molecule has 0 saturated carbocycles. The van der Waals surface area contributed by atoms with Crippen LogP contribution in [0.2, 0.25) is 5.02 Å². The number of anilines is 1. The molecule has 0 bridgehead atoms. The van der Waals surface area contributed by atoms with E-state index in [9.17, 15) is 4.79 Å². The van der Waals surface area contributed by atoms with Gasteiger partial charge in [-0.2, -0.15) is 0 Å². The van der Waals surface area contributed by atoms with Crippen LogP contribution in [0.3, 0.4) is 0 Å². The van der Waals surface area contributed by atoms with Gasteiger partial charge >= 0.3 is 0 Å². The molecule has 92 valence electrons. The molecule has 1 amide bonds. The lowest BCUT2D eigenvalue weighted by atomic mass is 10.2. The molecule has 0 saturated heterocycles. The lowest BCUT2D eigenvalue weighted by Gasteiger charge is -2.07. The Bertz CT molecular complexity index is 578. The van der Waals surface area contributed by atoms with E-state index in [2.05, 4.69) is 15.3 Å². The summed E-state index contributed by atoms with van der Waals surface area (Å²) in [6.07, 6.45) is 0. The zero-order valence-electron chi connectivity index (χ0n) is 10.1. The van der Waals surface area contributed by atoms with E-state index >= 15 is 0 Å². The average molecular weight is 262 g/mol. The van der Waals surface area contributed by atoms with Crippen molar-refractivity contribution in [1.82, 2.24) is 9.97 Å². The summed E-state index contributed by atoms with van der Waals surface area (Å²) in [4.78, 5) is 20.3. The number of amides is 1. The van der Waals surface area contributed by atoms with Crippen LogP contribution in [-0.2, 0) is 0 Å². The van der Waals surface area contributed by atoms with Crippen LogP contribution in [0.1, 0.15) is 21.9 Å². The second kappa shape index (κ2) is 5.14. The van der Waals surface area contributed by atoms with Gasteiger partial charge < -0.3 is 5.32 Å². The molecule has 2 aromatic rings. The van der Waals surface area contributed by atoms with Crippen LogP contribution in [0, 0.1) is 13.8 Å². The number of hydrogen-bond acceptors (Lipinski definition) is 3. The molecule has 1 heterocycles. The van der Waals surface area contributed by atoms with Crippen molar-refractivity contribution in [2.45, 2.75) is 13.8 Å². The van der Waals surface area contributed by atoms with Crippen LogP contribution in [0.15, 0.2) is 30.3 Å². The summed E-state index contributed by atoms with van der Waals surface area (Å²) in [6.45, 7) is 3.62. The van der Waals surface area contributed by atoms with Crippen molar-refractivity contribution in [1.29, 1.82) is 0 Å². The number of nitrogens with zero attached hydrogens (tertiary/aromatic N) is 2. The number of aromatic nitrogens is 2. The second-order valence-corrected chi connectivity index (χ2v) is 4.28. The summed E-state index contributed by atoms with van der Waals surface area (Å²) in [5, 5.41) is 3.12. The lowest BCUT2D eigenvalue weighted by Crippen LogP contribution is -2.14. The fraction of sp³-hybridized carbons (Fsp3) is 0.154. The number of carbonyl (C=O) groups is 1. The Hall–Kier alpha value is -1.94. The predicted octanol–water partition coefficient (Wildman–Crippen LogP) is 3.00. The molecule has 2 rings (SSSR count). The van der Waals surface area contributed by atoms with Crippen LogP contribution in [0.4, 0.5) is 5.82 Å². The third kappa shape index (κ3) is 2.84. The van der Waals surface area contributed by atoms with Crippen molar-refractivity contribution in [3.05, 3.63) is 52.4 Å². The first kappa shape index (κ1) is 12.5. The fourth-order valence-corrected chi connectivity index (χ4v) is 1.83. The zero-order valence-corrected chi connectivity index (χ0v) is 10.8. The summed E-state index contributed by atoms with van der Waals surface area (Å²) < 4.78 is 0. The smallest absolute Gasteiger partial charge is 0.258 e. The monoisotopic (exact) mass is 261 g/mol. The molecule has 18 heavy (non-hydrogen) atoms.